The van der Waals surface area contributed by atoms with E-state index < -0.39 is 6.10 Å². The molecule has 0 spiro atoms. The molecule has 0 aliphatic carbocycles. The summed E-state index contributed by atoms with van der Waals surface area (Å²) in [6.45, 7) is 1.23. The zero-order chi connectivity index (χ0) is 12.5. The first-order valence-corrected chi connectivity index (χ1v) is 7.05. The van der Waals surface area contributed by atoms with Crippen molar-refractivity contribution in [2.45, 2.75) is 31.4 Å². The van der Waals surface area contributed by atoms with Crippen LogP contribution in [0.5, 0.6) is 11.5 Å². The number of benzene rings is 1. The lowest BCUT2D eigenvalue weighted by Crippen LogP contribution is -2.38. The molecule has 0 saturated carbocycles. The number of halogens is 1. The molecular formula is C13H16BrNO3. The highest BCUT2D eigenvalue weighted by atomic mass is 79.9. The lowest BCUT2D eigenvalue weighted by Gasteiger charge is -2.28. The number of rotatable bonds is 2. The SMILES string of the molecule is O[C@H](c1cc2c(cc1Br)OCO2)[C@H]1CCCCN1. The van der Waals surface area contributed by atoms with Gasteiger partial charge in [0.1, 0.15) is 0 Å². The summed E-state index contributed by atoms with van der Waals surface area (Å²) in [5, 5.41) is 13.8. The van der Waals surface area contributed by atoms with Crippen molar-refractivity contribution < 1.29 is 14.6 Å². The molecule has 1 fully saturated rings. The minimum absolute atomic E-state index is 0.121. The number of nitrogens with one attached hydrogen (secondary N) is 1. The van der Waals surface area contributed by atoms with Gasteiger partial charge in [0.25, 0.3) is 0 Å². The minimum Gasteiger partial charge on any atom is -0.454 e. The molecular weight excluding hydrogens is 298 g/mol. The van der Waals surface area contributed by atoms with Crippen LogP contribution in [-0.4, -0.2) is 24.5 Å². The Kier molecular flexibility index (Phi) is 3.46. The third-order valence-electron chi connectivity index (χ3n) is 3.54. The van der Waals surface area contributed by atoms with E-state index in [9.17, 15) is 5.11 Å². The second kappa shape index (κ2) is 5.07. The molecule has 2 atom stereocenters. The molecule has 18 heavy (non-hydrogen) atoms. The highest BCUT2D eigenvalue weighted by molar-refractivity contribution is 9.10. The third-order valence-corrected chi connectivity index (χ3v) is 4.23. The number of ether oxygens (including phenoxy) is 2. The van der Waals surface area contributed by atoms with E-state index in [2.05, 4.69) is 21.2 Å². The van der Waals surface area contributed by atoms with E-state index in [1.165, 1.54) is 6.42 Å². The van der Waals surface area contributed by atoms with Crippen molar-refractivity contribution in [1.82, 2.24) is 5.32 Å². The van der Waals surface area contributed by atoms with Crippen molar-refractivity contribution in [3.63, 3.8) is 0 Å². The first-order valence-electron chi connectivity index (χ1n) is 6.26. The van der Waals surface area contributed by atoms with Crippen LogP contribution >= 0.6 is 15.9 Å². The largest absolute Gasteiger partial charge is 0.454 e. The molecule has 2 aliphatic rings. The third kappa shape index (κ3) is 2.22. The molecule has 2 heterocycles. The Morgan fingerprint density at radius 3 is 2.78 bits per heavy atom. The Hall–Kier alpha value is -0.780. The molecule has 0 bridgehead atoms. The number of fused-ring (bicyclic) bond motifs is 1. The predicted octanol–water partition coefficient (Wildman–Crippen LogP) is 2.35. The van der Waals surface area contributed by atoms with Gasteiger partial charge in [-0.25, -0.2) is 0 Å². The van der Waals surface area contributed by atoms with E-state index in [0.717, 1.165) is 35.2 Å². The highest BCUT2D eigenvalue weighted by Gasteiger charge is 2.26. The van der Waals surface area contributed by atoms with E-state index in [0.29, 0.717) is 5.75 Å². The molecule has 3 rings (SSSR count). The molecule has 0 aromatic heterocycles. The fraction of sp³-hybridized carbons (Fsp3) is 0.538. The molecule has 1 aromatic rings. The second-order valence-electron chi connectivity index (χ2n) is 4.73. The van der Waals surface area contributed by atoms with Crippen LogP contribution in [0.3, 0.4) is 0 Å². The maximum atomic E-state index is 10.5. The Morgan fingerprint density at radius 2 is 2.06 bits per heavy atom. The zero-order valence-electron chi connectivity index (χ0n) is 9.99. The van der Waals surface area contributed by atoms with Crippen LogP contribution in [0.4, 0.5) is 0 Å². The van der Waals surface area contributed by atoms with E-state index in [1.807, 2.05) is 12.1 Å². The van der Waals surface area contributed by atoms with Crippen molar-refractivity contribution in [1.29, 1.82) is 0 Å². The van der Waals surface area contributed by atoms with Gasteiger partial charge in [-0.05, 0) is 31.5 Å². The summed E-state index contributed by atoms with van der Waals surface area (Å²) in [5.74, 6) is 1.44. The lowest BCUT2D eigenvalue weighted by atomic mass is 9.95. The summed E-state index contributed by atoms with van der Waals surface area (Å²) < 4.78 is 11.5. The summed E-state index contributed by atoms with van der Waals surface area (Å²) in [6.07, 6.45) is 2.83. The number of hydrogen-bond acceptors (Lipinski definition) is 4. The molecule has 1 aromatic carbocycles. The molecule has 4 nitrogen and oxygen atoms in total. The van der Waals surface area contributed by atoms with Gasteiger partial charge in [-0.2, -0.15) is 0 Å². The Balaban J connectivity index is 1.86. The van der Waals surface area contributed by atoms with Crippen LogP contribution < -0.4 is 14.8 Å². The fourth-order valence-corrected chi connectivity index (χ4v) is 3.08. The zero-order valence-corrected chi connectivity index (χ0v) is 11.6. The van der Waals surface area contributed by atoms with Gasteiger partial charge in [0.2, 0.25) is 6.79 Å². The monoisotopic (exact) mass is 313 g/mol. The van der Waals surface area contributed by atoms with Crippen LogP contribution in [0.1, 0.15) is 30.9 Å². The number of aliphatic hydroxyl groups excluding tert-OH is 1. The lowest BCUT2D eigenvalue weighted by molar-refractivity contribution is 0.113. The van der Waals surface area contributed by atoms with Crippen molar-refractivity contribution in [2.75, 3.05) is 13.3 Å². The molecule has 2 aliphatic heterocycles. The maximum Gasteiger partial charge on any atom is 0.231 e. The van der Waals surface area contributed by atoms with Crippen molar-refractivity contribution in [3.8, 4) is 11.5 Å². The fourth-order valence-electron chi connectivity index (χ4n) is 2.52. The standard InChI is InChI=1S/C13H16BrNO3/c14-9-6-12-11(17-7-18-12)5-8(9)13(16)10-3-1-2-4-15-10/h5-6,10,13,15-16H,1-4,7H2/t10-,13-/m1/s1. The maximum absolute atomic E-state index is 10.5. The van der Waals surface area contributed by atoms with Gasteiger partial charge >= 0.3 is 0 Å². The Labute approximate surface area is 114 Å². The van der Waals surface area contributed by atoms with E-state index >= 15 is 0 Å². The normalized spacial score (nSPS) is 24.0. The highest BCUT2D eigenvalue weighted by Crippen LogP contribution is 2.40. The van der Waals surface area contributed by atoms with Gasteiger partial charge in [0, 0.05) is 16.1 Å². The summed E-state index contributed by atoms with van der Waals surface area (Å²) in [6, 6.07) is 3.85. The van der Waals surface area contributed by atoms with Crippen molar-refractivity contribution in [3.05, 3.63) is 22.2 Å². The van der Waals surface area contributed by atoms with Crippen LogP contribution in [-0.2, 0) is 0 Å². The van der Waals surface area contributed by atoms with Crippen LogP contribution in [0.2, 0.25) is 0 Å². The van der Waals surface area contributed by atoms with Gasteiger partial charge in [0.05, 0.1) is 6.10 Å². The van der Waals surface area contributed by atoms with Crippen LogP contribution in [0.15, 0.2) is 16.6 Å². The summed E-state index contributed by atoms with van der Waals surface area (Å²) in [5.41, 5.74) is 0.860. The van der Waals surface area contributed by atoms with Gasteiger partial charge in [-0.3, -0.25) is 0 Å². The summed E-state index contributed by atoms with van der Waals surface area (Å²) in [7, 11) is 0. The predicted molar refractivity (Wildman–Crippen MR) is 70.9 cm³/mol. The number of hydrogen-bond donors (Lipinski definition) is 2. The molecule has 2 N–H and O–H groups in total. The Bertz CT molecular complexity index is 446. The van der Waals surface area contributed by atoms with E-state index in [1.54, 1.807) is 0 Å². The van der Waals surface area contributed by atoms with E-state index in [4.69, 9.17) is 9.47 Å². The Morgan fingerprint density at radius 1 is 1.28 bits per heavy atom. The van der Waals surface area contributed by atoms with Crippen LogP contribution in [0, 0.1) is 0 Å². The molecule has 0 unspecified atom stereocenters. The quantitative estimate of drug-likeness (QED) is 0.880. The molecule has 0 amide bonds. The van der Waals surface area contributed by atoms with Gasteiger partial charge in [0.15, 0.2) is 11.5 Å². The van der Waals surface area contributed by atoms with Gasteiger partial charge in [-0.15, -0.1) is 0 Å². The molecule has 98 valence electrons. The molecule has 5 heteroatoms. The average Bonchev–Trinajstić information content (AvgIpc) is 2.85. The topological polar surface area (TPSA) is 50.7 Å². The minimum atomic E-state index is -0.519. The van der Waals surface area contributed by atoms with Crippen molar-refractivity contribution in [2.24, 2.45) is 0 Å². The smallest absolute Gasteiger partial charge is 0.231 e. The first kappa shape index (κ1) is 12.3. The summed E-state index contributed by atoms with van der Waals surface area (Å²) >= 11 is 3.49. The number of aliphatic hydroxyl groups is 1. The average molecular weight is 314 g/mol. The first-order chi connectivity index (χ1) is 8.75. The van der Waals surface area contributed by atoms with Crippen LogP contribution in [0.25, 0.3) is 0 Å². The summed E-state index contributed by atoms with van der Waals surface area (Å²) in [4.78, 5) is 0. The molecule has 0 radical (unpaired) electrons. The van der Waals surface area contributed by atoms with Gasteiger partial charge < -0.3 is 19.9 Å². The number of piperidine rings is 1. The van der Waals surface area contributed by atoms with Gasteiger partial charge in [-0.1, -0.05) is 22.4 Å². The second-order valence-corrected chi connectivity index (χ2v) is 5.58. The molecule has 1 saturated heterocycles. The van der Waals surface area contributed by atoms with E-state index in [-0.39, 0.29) is 12.8 Å². The van der Waals surface area contributed by atoms with Crippen molar-refractivity contribution >= 4 is 15.9 Å².